The van der Waals surface area contributed by atoms with E-state index in [4.69, 9.17) is 0 Å². The van der Waals surface area contributed by atoms with Crippen LogP contribution in [0.1, 0.15) is 45.2 Å². The molecule has 0 atom stereocenters. The van der Waals surface area contributed by atoms with Crippen LogP contribution in [-0.2, 0) is 6.42 Å². The molecular formula is C20H25NO2. The predicted octanol–water partition coefficient (Wildman–Crippen LogP) is 4.51. The molecule has 3 nitrogen and oxygen atoms in total. The Bertz CT molecular complexity index is 725. The van der Waals surface area contributed by atoms with Gasteiger partial charge in [-0.2, -0.15) is 0 Å². The Morgan fingerprint density at radius 1 is 1.22 bits per heavy atom. The predicted molar refractivity (Wildman–Crippen MR) is 93.6 cm³/mol. The Morgan fingerprint density at radius 2 is 1.87 bits per heavy atom. The smallest absolute Gasteiger partial charge is 0.259 e. The van der Waals surface area contributed by atoms with E-state index in [-0.39, 0.29) is 16.7 Å². The van der Waals surface area contributed by atoms with Crippen LogP contribution in [0.4, 0.5) is 0 Å². The van der Waals surface area contributed by atoms with Gasteiger partial charge in [-0.15, -0.1) is 0 Å². The number of aromatic amines is 1. The highest BCUT2D eigenvalue weighted by molar-refractivity contribution is 5.69. The highest BCUT2D eigenvalue weighted by Crippen LogP contribution is 2.41. The lowest BCUT2D eigenvalue weighted by molar-refractivity contribution is 0.175. The monoisotopic (exact) mass is 311 g/mol. The van der Waals surface area contributed by atoms with Gasteiger partial charge in [-0.3, -0.25) is 4.79 Å². The zero-order valence-corrected chi connectivity index (χ0v) is 13.9. The number of benzene rings is 1. The second-order valence-electron chi connectivity index (χ2n) is 7.42. The van der Waals surface area contributed by atoms with Gasteiger partial charge in [0.2, 0.25) is 0 Å². The quantitative estimate of drug-likeness (QED) is 0.876. The van der Waals surface area contributed by atoms with Gasteiger partial charge in [0.1, 0.15) is 5.75 Å². The second-order valence-corrected chi connectivity index (χ2v) is 7.42. The van der Waals surface area contributed by atoms with Crippen LogP contribution >= 0.6 is 0 Å². The van der Waals surface area contributed by atoms with Crippen molar-refractivity contribution in [1.29, 1.82) is 0 Å². The molecule has 1 aromatic heterocycles. The van der Waals surface area contributed by atoms with E-state index in [0.717, 1.165) is 23.6 Å². The number of aromatic nitrogens is 1. The number of hydrogen-bond donors (Lipinski definition) is 2. The minimum absolute atomic E-state index is 0.0720. The average Bonchev–Trinajstić information content (AvgIpc) is 2.51. The van der Waals surface area contributed by atoms with Gasteiger partial charge in [-0.1, -0.05) is 57.0 Å². The third-order valence-electron chi connectivity index (χ3n) is 5.23. The number of rotatable bonds is 3. The lowest BCUT2D eigenvalue weighted by Gasteiger charge is -2.36. The third-order valence-corrected chi connectivity index (χ3v) is 5.23. The van der Waals surface area contributed by atoms with E-state index in [2.05, 4.69) is 18.8 Å². The van der Waals surface area contributed by atoms with E-state index in [1.165, 1.54) is 25.7 Å². The van der Waals surface area contributed by atoms with Crippen molar-refractivity contribution in [3.05, 3.63) is 52.4 Å². The van der Waals surface area contributed by atoms with E-state index >= 15 is 0 Å². The highest BCUT2D eigenvalue weighted by atomic mass is 16.3. The van der Waals surface area contributed by atoms with Crippen molar-refractivity contribution < 1.29 is 5.11 Å². The first-order valence-electron chi connectivity index (χ1n) is 8.47. The van der Waals surface area contributed by atoms with Crippen LogP contribution in [0.2, 0.25) is 0 Å². The molecule has 0 unspecified atom stereocenters. The molecule has 1 aliphatic rings. The number of aromatic hydroxyl groups is 1. The Kier molecular flexibility index (Phi) is 4.29. The molecule has 1 aromatic carbocycles. The molecule has 23 heavy (non-hydrogen) atoms. The van der Waals surface area contributed by atoms with Crippen molar-refractivity contribution in [2.24, 2.45) is 11.3 Å². The molecule has 0 spiro atoms. The summed E-state index contributed by atoms with van der Waals surface area (Å²) < 4.78 is 0. The van der Waals surface area contributed by atoms with Gasteiger partial charge in [0, 0.05) is 11.8 Å². The van der Waals surface area contributed by atoms with Crippen LogP contribution < -0.4 is 5.56 Å². The minimum Gasteiger partial charge on any atom is -0.507 e. The standard InChI is InChI=1S/C20H25NO2/c1-14-8-10-20(2,11-9-14)13-16-12-17(22)18(19(23)21-16)15-6-4-3-5-7-15/h3-7,12,14H,8-11,13H2,1-2H3,(H2,21,22,23). The molecular weight excluding hydrogens is 286 g/mol. The zero-order chi connectivity index (χ0) is 16.4. The molecule has 0 saturated heterocycles. The number of pyridine rings is 1. The van der Waals surface area contributed by atoms with Gasteiger partial charge in [-0.05, 0) is 36.2 Å². The van der Waals surface area contributed by atoms with Gasteiger partial charge in [0.25, 0.3) is 5.56 Å². The van der Waals surface area contributed by atoms with E-state index in [1.54, 1.807) is 6.07 Å². The topological polar surface area (TPSA) is 53.1 Å². The maximum absolute atomic E-state index is 12.4. The first-order valence-corrected chi connectivity index (χ1v) is 8.47. The molecule has 0 radical (unpaired) electrons. The Hall–Kier alpha value is -2.03. The summed E-state index contributed by atoms with van der Waals surface area (Å²) in [6, 6.07) is 11.0. The fraction of sp³-hybridized carbons (Fsp3) is 0.450. The first kappa shape index (κ1) is 15.9. The summed E-state index contributed by atoms with van der Waals surface area (Å²) >= 11 is 0. The van der Waals surface area contributed by atoms with Crippen LogP contribution in [0, 0.1) is 11.3 Å². The number of hydrogen-bond acceptors (Lipinski definition) is 2. The SMILES string of the molecule is CC1CCC(C)(Cc2cc(O)c(-c3ccccc3)c(=O)[nH]2)CC1. The van der Waals surface area contributed by atoms with Gasteiger partial charge in [-0.25, -0.2) is 0 Å². The molecule has 1 aliphatic carbocycles. The molecule has 0 aliphatic heterocycles. The van der Waals surface area contributed by atoms with E-state index in [0.29, 0.717) is 5.56 Å². The van der Waals surface area contributed by atoms with E-state index in [9.17, 15) is 9.90 Å². The van der Waals surface area contributed by atoms with Crippen LogP contribution in [-0.4, -0.2) is 10.1 Å². The van der Waals surface area contributed by atoms with E-state index in [1.807, 2.05) is 30.3 Å². The summed E-state index contributed by atoms with van der Waals surface area (Å²) in [4.78, 5) is 15.4. The van der Waals surface area contributed by atoms with Gasteiger partial charge < -0.3 is 10.1 Å². The number of H-pyrrole nitrogens is 1. The molecule has 3 heteroatoms. The Balaban J connectivity index is 1.87. The fourth-order valence-electron chi connectivity index (χ4n) is 3.67. The molecule has 0 bridgehead atoms. The Labute approximate surface area is 137 Å². The van der Waals surface area contributed by atoms with Gasteiger partial charge in [0.05, 0.1) is 5.56 Å². The van der Waals surface area contributed by atoms with Crippen LogP contribution in [0.3, 0.4) is 0 Å². The molecule has 3 rings (SSSR count). The summed E-state index contributed by atoms with van der Waals surface area (Å²) in [5.74, 6) is 0.874. The molecule has 122 valence electrons. The Morgan fingerprint density at radius 3 is 2.48 bits per heavy atom. The highest BCUT2D eigenvalue weighted by Gasteiger charge is 2.30. The van der Waals surface area contributed by atoms with Gasteiger partial charge >= 0.3 is 0 Å². The zero-order valence-electron chi connectivity index (χ0n) is 13.9. The maximum Gasteiger partial charge on any atom is 0.259 e. The van der Waals surface area contributed by atoms with Crippen LogP contribution in [0.25, 0.3) is 11.1 Å². The molecule has 0 amide bonds. The van der Waals surface area contributed by atoms with Crippen LogP contribution in [0.15, 0.2) is 41.2 Å². The van der Waals surface area contributed by atoms with Crippen molar-refractivity contribution in [3.63, 3.8) is 0 Å². The van der Waals surface area contributed by atoms with Gasteiger partial charge in [0.15, 0.2) is 0 Å². The van der Waals surface area contributed by atoms with Crippen molar-refractivity contribution in [2.75, 3.05) is 0 Å². The summed E-state index contributed by atoms with van der Waals surface area (Å²) in [6.07, 6.45) is 5.66. The molecule has 1 saturated carbocycles. The maximum atomic E-state index is 12.4. The van der Waals surface area contributed by atoms with E-state index < -0.39 is 0 Å². The summed E-state index contributed by atoms with van der Waals surface area (Å²) in [5.41, 5.74) is 1.95. The first-order chi connectivity index (χ1) is 11.0. The minimum atomic E-state index is -0.209. The fourth-order valence-corrected chi connectivity index (χ4v) is 3.67. The largest absolute Gasteiger partial charge is 0.507 e. The number of nitrogens with one attached hydrogen (secondary N) is 1. The average molecular weight is 311 g/mol. The summed E-state index contributed by atoms with van der Waals surface area (Å²) in [7, 11) is 0. The van der Waals surface area contributed by atoms with Crippen molar-refractivity contribution in [3.8, 4) is 16.9 Å². The lowest BCUT2D eigenvalue weighted by atomic mass is 9.70. The van der Waals surface area contributed by atoms with Crippen molar-refractivity contribution in [2.45, 2.75) is 46.0 Å². The summed E-state index contributed by atoms with van der Waals surface area (Å²) in [5, 5.41) is 10.4. The second kappa shape index (κ2) is 6.23. The van der Waals surface area contributed by atoms with Crippen molar-refractivity contribution in [1.82, 2.24) is 4.98 Å². The third kappa shape index (κ3) is 3.49. The molecule has 1 fully saturated rings. The summed E-state index contributed by atoms with van der Waals surface area (Å²) in [6.45, 7) is 4.60. The molecule has 1 heterocycles. The molecule has 2 N–H and O–H groups in total. The van der Waals surface area contributed by atoms with Crippen molar-refractivity contribution >= 4 is 0 Å². The lowest BCUT2D eigenvalue weighted by Crippen LogP contribution is -2.27. The normalized spacial score (nSPS) is 24.5. The van der Waals surface area contributed by atoms with Crippen LogP contribution in [0.5, 0.6) is 5.75 Å². The molecule has 2 aromatic rings.